The normalized spacial score (nSPS) is 19.2. The van der Waals surface area contributed by atoms with Gasteiger partial charge in [0.2, 0.25) is 17.7 Å². The highest BCUT2D eigenvalue weighted by molar-refractivity contribution is 6.32. The maximum atomic E-state index is 14.1. The van der Waals surface area contributed by atoms with E-state index in [-0.39, 0.29) is 35.0 Å². The van der Waals surface area contributed by atoms with Crippen molar-refractivity contribution in [3.63, 3.8) is 0 Å². The Morgan fingerprint density at radius 1 is 1.38 bits per heavy atom. The van der Waals surface area contributed by atoms with Crippen LogP contribution >= 0.6 is 11.6 Å². The van der Waals surface area contributed by atoms with E-state index < -0.39 is 5.82 Å². The maximum Gasteiger partial charge on any atom is 0.255 e. The van der Waals surface area contributed by atoms with Crippen LogP contribution in [0.15, 0.2) is 12.4 Å². The average Bonchev–Trinajstić information content (AvgIpc) is 3.04. The standard InChI is InChI=1S/C19H26ClFN6O2/c1-11(2)27-9-16(17(20)26-27)24-19-22-8-15(21)18(25-19)29-10-13-4-6-14(7-5-13)23-12(3)28/h8-9,11,13-14H,4-7,10H2,1-3H3,(H,23,28)(H,22,24,25)/t13-,14-. The SMILES string of the molecule is CC(=O)N[C@H]1CC[C@H](COc2nc(Nc3cn(C(C)C)nc3Cl)ncc2F)CC1. The molecular weight excluding hydrogens is 399 g/mol. The van der Waals surface area contributed by atoms with Gasteiger partial charge in [0.1, 0.15) is 0 Å². The Hall–Kier alpha value is -2.42. The lowest BCUT2D eigenvalue weighted by Gasteiger charge is -2.28. The van der Waals surface area contributed by atoms with Crippen LogP contribution in [-0.2, 0) is 4.79 Å². The molecule has 1 saturated carbocycles. The molecule has 0 atom stereocenters. The summed E-state index contributed by atoms with van der Waals surface area (Å²) >= 11 is 6.13. The highest BCUT2D eigenvalue weighted by atomic mass is 35.5. The van der Waals surface area contributed by atoms with Gasteiger partial charge in [0, 0.05) is 19.0 Å². The van der Waals surface area contributed by atoms with Gasteiger partial charge in [-0.2, -0.15) is 14.5 Å². The van der Waals surface area contributed by atoms with E-state index in [0.29, 0.717) is 18.2 Å². The van der Waals surface area contributed by atoms with E-state index in [1.807, 2.05) is 13.8 Å². The lowest BCUT2D eigenvalue weighted by molar-refractivity contribution is -0.119. The number of halogens is 2. The lowest BCUT2D eigenvalue weighted by Crippen LogP contribution is -2.37. The summed E-state index contributed by atoms with van der Waals surface area (Å²) in [5, 5.41) is 10.4. The number of hydrogen-bond donors (Lipinski definition) is 2. The van der Waals surface area contributed by atoms with Crippen molar-refractivity contribution in [1.82, 2.24) is 25.1 Å². The van der Waals surface area contributed by atoms with Gasteiger partial charge in [-0.1, -0.05) is 11.6 Å². The van der Waals surface area contributed by atoms with E-state index in [9.17, 15) is 9.18 Å². The number of amides is 1. The Labute approximate surface area is 174 Å². The van der Waals surface area contributed by atoms with Crippen LogP contribution in [0.25, 0.3) is 0 Å². The predicted octanol–water partition coefficient (Wildman–Crippen LogP) is 3.86. The Kier molecular flexibility index (Phi) is 6.89. The molecule has 0 spiro atoms. The third-order valence-electron chi connectivity index (χ3n) is 4.88. The van der Waals surface area contributed by atoms with Crippen molar-refractivity contribution in [2.45, 2.75) is 58.5 Å². The van der Waals surface area contributed by atoms with Crippen LogP contribution in [0.1, 0.15) is 52.5 Å². The molecule has 0 saturated heterocycles. The fourth-order valence-electron chi connectivity index (χ4n) is 3.31. The molecule has 0 bridgehead atoms. The van der Waals surface area contributed by atoms with Gasteiger partial charge < -0.3 is 15.4 Å². The zero-order chi connectivity index (χ0) is 21.0. The van der Waals surface area contributed by atoms with Gasteiger partial charge >= 0.3 is 0 Å². The molecule has 2 aromatic rings. The minimum absolute atomic E-state index is 0.00757. The lowest BCUT2D eigenvalue weighted by atomic mass is 9.86. The fraction of sp³-hybridized carbons (Fsp3) is 0.579. The van der Waals surface area contributed by atoms with Gasteiger partial charge in [0.15, 0.2) is 5.15 Å². The molecule has 1 aliphatic rings. The van der Waals surface area contributed by atoms with Crippen molar-refractivity contribution >= 4 is 29.1 Å². The molecule has 1 amide bonds. The largest absolute Gasteiger partial charge is 0.475 e. The van der Waals surface area contributed by atoms with Gasteiger partial charge in [-0.3, -0.25) is 9.48 Å². The Morgan fingerprint density at radius 2 is 2.10 bits per heavy atom. The van der Waals surface area contributed by atoms with E-state index >= 15 is 0 Å². The van der Waals surface area contributed by atoms with Crippen LogP contribution in [0, 0.1) is 11.7 Å². The molecule has 0 unspecified atom stereocenters. The Balaban J connectivity index is 1.58. The summed E-state index contributed by atoms with van der Waals surface area (Å²) in [5.74, 6) is -0.248. The number of nitrogens with zero attached hydrogens (tertiary/aromatic N) is 4. The Morgan fingerprint density at radius 3 is 2.72 bits per heavy atom. The zero-order valence-corrected chi connectivity index (χ0v) is 17.5. The first-order valence-electron chi connectivity index (χ1n) is 9.76. The van der Waals surface area contributed by atoms with E-state index in [2.05, 4.69) is 25.7 Å². The highest BCUT2D eigenvalue weighted by Gasteiger charge is 2.23. The zero-order valence-electron chi connectivity index (χ0n) is 16.8. The molecule has 2 heterocycles. The molecule has 1 fully saturated rings. The molecule has 1 aliphatic carbocycles. The summed E-state index contributed by atoms with van der Waals surface area (Å²) in [4.78, 5) is 19.2. The van der Waals surface area contributed by atoms with E-state index in [1.165, 1.54) is 6.92 Å². The van der Waals surface area contributed by atoms with Crippen LogP contribution in [0.2, 0.25) is 5.15 Å². The van der Waals surface area contributed by atoms with E-state index in [0.717, 1.165) is 31.9 Å². The predicted molar refractivity (Wildman–Crippen MR) is 108 cm³/mol. The second kappa shape index (κ2) is 9.39. The van der Waals surface area contributed by atoms with Gasteiger partial charge in [0.25, 0.3) is 5.88 Å². The number of anilines is 2. The molecule has 2 N–H and O–H groups in total. The minimum Gasteiger partial charge on any atom is -0.475 e. The smallest absolute Gasteiger partial charge is 0.255 e. The quantitative estimate of drug-likeness (QED) is 0.700. The second-order valence-corrected chi connectivity index (χ2v) is 7.97. The minimum atomic E-state index is -0.619. The third kappa shape index (κ3) is 5.79. The highest BCUT2D eigenvalue weighted by Crippen LogP contribution is 2.27. The number of ether oxygens (including phenoxy) is 1. The molecule has 0 radical (unpaired) electrons. The van der Waals surface area contributed by atoms with Crippen LogP contribution in [0.3, 0.4) is 0 Å². The van der Waals surface area contributed by atoms with Crippen LogP contribution in [-0.4, -0.2) is 38.3 Å². The molecule has 158 valence electrons. The topological polar surface area (TPSA) is 94.0 Å². The van der Waals surface area contributed by atoms with Gasteiger partial charge in [0.05, 0.1) is 24.7 Å². The first-order valence-corrected chi connectivity index (χ1v) is 10.1. The van der Waals surface area contributed by atoms with Crippen molar-refractivity contribution in [3.05, 3.63) is 23.4 Å². The number of nitrogens with one attached hydrogen (secondary N) is 2. The molecule has 0 aromatic carbocycles. The monoisotopic (exact) mass is 424 g/mol. The van der Waals surface area contributed by atoms with E-state index in [4.69, 9.17) is 16.3 Å². The fourth-order valence-corrected chi connectivity index (χ4v) is 3.49. The van der Waals surface area contributed by atoms with Gasteiger partial charge in [-0.15, -0.1) is 0 Å². The van der Waals surface area contributed by atoms with Crippen LogP contribution < -0.4 is 15.4 Å². The van der Waals surface area contributed by atoms with Crippen molar-refractivity contribution in [1.29, 1.82) is 0 Å². The molecular formula is C19H26ClFN6O2. The number of hydrogen-bond acceptors (Lipinski definition) is 6. The van der Waals surface area contributed by atoms with Crippen molar-refractivity contribution in [2.75, 3.05) is 11.9 Å². The third-order valence-corrected chi connectivity index (χ3v) is 5.16. The number of carbonyl (C=O) groups is 1. The van der Waals surface area contributed by atoms with Gasteiger partial charge in [-0.25, -0.2) is 4.98 Å². The molecule has 29 heavy (non-hydrogen) atoms. The second-order valence-electron chi connectivity index (χ2n) is 7.61. The first-order chi connectivity index (χ1) is 13.8. The average molecular weight is 425 g/mol. The Bertz CT molecular complexity index is 851. The molecule has 8 nitrogen and oxygen atoms in total. The maximum absolute atomic E-state index is 14.1. The van der Waals surface area contributed by atoms with Crippen molar-refractivity contribution in [2.24, 2.45) is 5.92 Å². The van der Waals surface area contributed by atoms with E-state index in [1.54, 1.807) is 10.9 Å². The van der Waals surface area contributed by atoms with Crippen molar-refractivity contribution in [3.8, 4) is 5.88 Å². The molecule has 3 rings (SSSR count). The molecule has 0 aliphatic heterocycles. The van der Waals surface area contributed by atoms with Gasteiger partial charge in [-0.05, 0) is 45.4 Å². The summed E-state index contributed by atoms with van der Waals surface area (Å²) in [5.41, 5.74) is 0.536. The number of aromatic nitrogens is 4. The van der Waals surface area contributed by atoms with Crippen LogP contribution in [0.4, 0.5) is 16.0 Å². The summed E-state index contributed by atoms with van der Waals surface area (Å²) in [6, 6.07) is 0.365. The molecule has 10 heteroatoms. The summed E-state index contributed by atoms with van der Waals surface area (Å²) in [6.45, 7) is 5.86. The van der Waals surface area contributed by atoms with Crippen molar-refractivity contribution < 1.29 is 13.9 Å². The number of rotatable bonds is 7. The van der Waals surface area contributed by atoms with Crippen LogP contribution in [0.5, 0.6) is 5.88 Å². The summed E-state index contributed by atoms with van der Waals surface area (Å²) in [6.07, 6.45) is 6.42. The first kappa shape index (κ1) is 21.3. The summed E-state index contributed by atoms with van der Waals surface area (Å²) in [7, 11) is 0. The number of carbonyl (C=O) groups excluding carboxylic acids is 1. The summed E-state index contributed by atoms with van der Waals surface area (Å²) < 4.78 is 21.4. The molecule has 2 aromatic heterocycles.